The van der Waals surface area contributed by atoms with E-state index in [9.17, 15) is 9.59 Å². The van der Waals surface area contributed by atoms with Gasteiger partial charge in [-0.15, -0.1) is 0 Å². The van der Waals surface area contributed by atoms with E-state index in [1.165, 1.54) is 0 Å². The highest BCUT2D eigenvalue weighted by Crippen LogP contribution is 2.37. The van der Waals surface area contributed by atoms with Crippen molar-refractivity contribution in [1.29, 1.82) is 0 Å². The van der Waals surface area contributed by atoms with Crippen LogP contribution in [0.4, 0.5) is 0 Å². The average molecular weight is 302 g/mol. The molecule has 22 heavy (non-hydrogen) atoms. The van der Waals surface area contributed by atoms with Crippen molar-refractivity contribution >= 4 is 11.8 Å². The third-order valence-electron chi connectivity index (χ3n) is 4.82. The topological polar surface area (TPSA) is 58.6 Å². The Hall–Kier alpha value is -1.88. The van der Waals surface area contributed by atoms with Crippen LogP contribution >= 0.6 is 0 Å². The maximum Gasteiger partial charge on any atom is 0.253 e. The largest absolute Gasteiger partial charge is 0.380 e. The molecule has 1 aromatic carbocycles. The lowest BCUT2D eigenvalue weighted by Gasteiger charge is -2.38. The summed E-state index contributed by atoms with van der Waals surface area (Å²) >= 11 is 0. The van der Waals surface area contributed by atoms with Crippen molar-refractivity contribution in [2.75, 3.05) is 26.7 Å². The van der Waals surface area contributed by atoms with E-state index in [1.54, 1.807) is 7.11 Å². The number of likely N-dealkylation sites (tertiary alicyclic amines) is 1. The number of hydrogen-bond donors (Lipinski definition) is 1. The van der Waals surface area contributed by atoms with E-state index in [2.05, 4.69) is 5.32 Å². The van der Waals surface area contributed by atoms with Crippen LogP contribution in [0.2, 0.25) is 0 Å². The molecule has 2 heterocycles. The summed E-state index contributed by atoms with van der Waals surface area (Å²) in [7, 11) is 1.66. The number of hydrogen-bond acceptors (Lipinski definition) is 3. The Bertz CT molecular complexity index is 560. The molecule has 0 aliphatic carbocycles. The smallest absolute Gasteiger partial charge is 0.253 e. The zero-order valence-electron chi connectivity index (χ0n) is 12.9. The first-order valence-electron chi connectivity index (χ1n) is 7.76. The fourth-order valence-electron chi connectivity index (χ4n) is 3.38. The lowest BCUT2D eigenvalue weighted by atomic mass is 9.77. The number of carbonyl (C=O) groups is 2. The van der Waals surface area contributed by atoms with Crippen LogP contribution in [0, 0.1) is 5.41 Å². The summed E-state index contributed by atoms with van der Waals surface area (Å²) < 4.78 is 5.08. The quantitative estimate of drug-likeness (QED) is 0.922. The molecule has 1 N–H and O–H groups in total. The molecule has 2 aliphatic rings. The minimum absolute atomic E-state index is 0.0795. The third-order valence-corrected chi connectivity index (χ3v) is 4.82. The molecular formula is C17H22N2O3. The van der Waals surface area contributed by atoms with Gasteiger partial charge in [-0.1, -0.05) is 12.1 Å². The van der Waals surface area contributed by atoms with Crippen LogP contribution in [0.5, 0.6) is 0 Å². The minimum atomic E-state index is 0.0795. The predicted molar refractivity (Wildman–Crippen MR) is 82.4 cm³/mol. The van der Waals surface area contributed by atoms with Crippen LogP contribution in [0.15, 0.2) is 24.3 Å². The molecule has 0 unspecified atom stereocenters. The van der Waals surface area contributed by atoms with Gasteiger partial charge >= 0.3 is 0 Å². The maximum absolute atomic E-state index is 12.5. The zero-order chi connectivity index (χ0) is 15.6. The van der Waals surface area contributed by atoms with Crippen molar-refractivity contribution in [2.24, 2.45) is 5.41 Å². The van der Waals surface area contributed by atoms with Crippen molar-refractivity contribution in [3.63, 3.8) is 0 Å². The van der Waals surface area contributed by atoms with Gasteiger partial charge in [0.05, 0.1) is 6.61 Å². The van der Waals surface area contributed by atoms with E-state index >= 15 is 0 Å². The summed E-state index contributed by atoms with van der Waals surface area (Å²) in [6.07, 6.45) is 2.42. The van der Waals surface area contributed by atoms with Crippen LogP contribution in [0.25, 0.3) is 0 Å². The Morgan fingerprint density at radius 1 is 1.27 bits per heavy atom. The average Bonchev–Trinajstić information content (AvgIpc) is 2.89. The molecule has 5 nitrogen and oxygen atoms in total. The van der Waals surface area contributed by atoms with Gasteiger partial charge in [0.15, 0.2) is 0 Å². The highest BCUT2D eigenvalue weighted by atomic mass is 16.5. The summed E-state index contributed by atoms with van der Waals surface area (Å²) in [4.78, 5) is 25.9. The SMILES string of the molecule is COCc1ccc(C(=O)N2CCC3(CC2)CNC(=O)C3)cc1. The van der Waals surface area contributed by atoms with Crippen LogP contribution in [0.1, 0.15) is 35.2 Å². The van der Waals surface area contributed by atoms with Gasteiger partial charge in [0.25, 0.3) is 5.91 Å². The van der Waals surface area contributed by atoms with Crippen molar-refractivity contribution in [2.45, 2.75) is 25.9 Å². The fourth-order valence-corrected chi connectivity index (χ4v) is 3.38. The van der Waals surface area contributed by atoms with Crippen LogP contribution < -0.4 is 5.32 Å². The van der Waals surface area contributed by atoms with Gasteiger partial charge in [-0.3, -0.25) is 9.59 Å². The summed E-state index contributed by atoms with van der Waals surface area (Å²) in [5, 5.41) is 2.92. The van der Waals surface area contributed by atoms with Gasteiger partial charge in [0, 0.05) is 38.7 Å². The van der Waals surface area contributed by atoms with E-state index in [4.69, 9.17) is 4.74 Å². The van der Waals surface area contributed by atoms with E-state index in [1.807, 2.05) is 29.2 Å². The normalized spacial score (nSPS) is 20.2. The molecule has 2 aliphatic heterocycles. The van der Waals surface area contributed by atoms with E-state index < -0.39 is 0 Å². The van der Waals surface area contributed by atoms with Gasteiger partial charge < -0.3 is 15.0 Å². The van der Waals surface area contributed by atoms with Crippen molar-refractivity contribution in [1.82, 2.24) is 10.2 Å². The molecule has 1 spiro atoms. The van der Waals surface area contributed by atoms with E-state index in [-0.39, 0.29) is 17.2 Å². The Morgan fingerprint density at radius 3 is 2.50 bits per heavy atom. The number of nitrogens with one attached hydrogen (secondary N) is 1. The first-order valence-corrected chi connectivity index (χ1v) is 7.76. The summed E-state index contributed by atoms with van der Waals surface area (Å²) in [5.41, 5.74) is 1.86. The molecule has 0 saturated carbocycles. The minimum Gasteiger partial charge on any atom is -0.380 e. The molecular weight excluding hydrogens is 280 g/mol. The monoisotopic (exact) mass is 302 g/mol. The Kier molecular flexibility index (Phi) is 4.16. The fraction of sp³-hybridized carbons (Fsp3) is 0.529. The predicted octanol–water partition coefficient (Wildman–Crippen LogP) is 1.58. The second-order valence-corrected chi connectivity index (χ2v) is 6.38. The van der Waals surface area contributed by atoms with Crippen LogP contribution in [0.3, 0.4) is 0 Å². The maximum atomic E-state index is 12.5. The number of ether oxygens (including phenoxy) is 1. The molecule has 2 fully saturated rings. The molecule has 2 saturated heterocycles. The number of benzene rings is 1. The summed E-state index contributed by atoms with van der Waals surface area (Å²) in [6.45, 7) is 2.78. The number of methoxy groups -OCH3 is 1. The molecule has 2 amide bonds. The standard InChI is InChI=1S/C17H22N2O3/c1-22-11-13-2-4-14(5-3-13)16(21)19-8-6-17(7-9-19)10-15(20)18-12-17/h2-5H,6-12H2,1H3,(H,18,20). The van der Waals surface area contributed by atoms with Crippen molar-refractivity contribution in [3.8, 4) is 0 Å². The second-order valence-electron chi connectivity index (χ2n) is 6.38. The first-order chi connectivity index (χ1) is 10.6. The number of rotatable bonds is 3. The van der Waals surface area contributed by atoms with Crippen molar-refractivity contribution < 1.29 is 14.3 Å². The van der Waals surface area contributed by atoms with Crippen LogP contribution in [-0.4, -0.2) is 43.5 Å². The van der Waals surface area contributed by atoms with E-state index in [0.717, 1.165) is 43.6 Å². The van der Waals surface area contributed by atoms with Crippen LogP contribution in [-0.2, 0) is 16.1 Å². The van der Waals surface area contributed by atoms with Gasteiger partial charge in [-0.25, -0.2) is 0 Å². The molecule has 0 bridgehead atoms. The first kappa shape index (κ1) is 15.0. The molecule has 0 atom stereocenters. The molecule has 0 aromatic heterocycles. The highest BCUT2D eigenvalue weighted by molar-refractivity contribution is 5.94. The summed E-state index contributed by atoms with van der Waals surface area (Å²) in [6, 6.07) is 7.59. The van der Waals surface area contributed by atoms with Gasteiger partial charge in [0.1, 0.15) is 0 Å². The lowest BCUT2D eigenvalue weighted by molar-refractivity contribution is -0.119. The summed E-state index contributed by atoms with van der Waals surface area (Å²) in [5.74, 6) is 0.226. The van der Waals surface area contributed by atoms with Gasteiger partial charge in [-0.05, 0) is 36.0 Å². The lowest BCUT2D eigenvalue weighted by Crippen LogP contribution is -2.44. The molecule has 1 aromatic rings. The Labute approximate surface area is 130 Å². The second kappa shape index (κ2) is 6.08. The van der Waals surface area contributed by atoms with E-state index in [0.29, 0.717) is 13.0 Å². The van der Waals surface area contributed by atoms with Gasteiger partial charge in [-0.2, -0.15) is 0 Å². The molecule has 0 radical (unpaired) electrons. The van der Waals surface area contributed by atoms with Crippen molar-refractivity contribution in [3.05, 3.63) is 35.4 Å². The zero-order valence-corrected chi connectivity index (χ0v) is 12.9. The third kappa shape index (κ3) is 2.99. The Morgan fingerprint density at radius 2 is 1.95 bits per heavy atom. The molecule has 5 heteroatoms. The van der Waals surface area contributed by atoms with Gasteiger partial charge in [0.2, 0.25) is 5.91 Å². The number of carbonyl (C=O) groups excluding carboxylic acids is 2. The molecule has 3 rings (SSSR count). The Balaban J connectivity index is 1.61. The highest BCUT2D eigenvalue weighted by Gasteiger charge is 2.41. The molecule has 118 valence electrons. The number of nitrogens with zero attached hydrogens (tertiary/aromatic N) is 1. The number of piperidine rings is 1. The number of amides is 2.